The molecule has 1 radical (unpaired) electrons. The van der Waals surface area contributed by atoms with Crippen LogP contribution in [0, 0.1) is 0 Å². The summed E-state index contributed by atoms with van der Waals surface area (Å²) in [4.78, 5) is 3.72. The van der Waals surface area contributed by atoms with Crippen LogP contribution in [0.5, 0.6) is 0 Å². The van der Waals surface area contributed by atoms with Gasteiger partial charge in [-0.25, -0.2) is 4.98 Å². The Morgan fingerprint density at radius 2 is 2.22 bits per heavy atom. The molecule has 4 heteroatoms. The SMILES string of the molecule is Nc1ncccc1Cl.[K]. The summed E-state index contributed by atoms with van der Waals surface area (Å²) < 4.78 is 0. The van der Waals surface area contributed by atoms with Crippen molar-refractivity contribution >= 4 is 68.8 Å². The second-order valence-corrected chi connectivity index (χ2v) is 1.78. The summed E-state index contributed by atoms with van der Waals surface area (Å²) in [6.45, 7) is 0. The molecule has 0 aromatic carbocycles. The average Bonchev–Trinajstić information content (AvgIpc) is 1.77. The molecule has 0 amide bonds. The maximum absolute atomic E-state index is 5.52. The quantitative estimate of drug-likeness (QED) is 0.585. The van der Waals surface area contributed by atoms with Gasteiger partial charge in [0.25, 0.3) is 0 Å². The zero-order valence-corrected chi connectivity index (χ0v) is 9.01. The number of hydrogen-bond donors (Lipinski definition) is 1. The van der Waals surface area contributed by atoms with E-state index in [1.807, 2.05) is 0 Å². The van der Waals surface area contributed by atoms with E-state index in [2.05, 4.69) is 4.98 Å². The number of nitrogens with two attached hydrogens (primary N) is 1. The van der Waals surface area contributed by atoms with Crippen molar-refractivity contribution in [3.05, 3.63) is 23.4 Å². The van der Waals surface area contributed by atoms with Gasteiger partial charge in [0.15, 0.2) is 0 Å². The number of rotatable bonds is 0. The summed E-state index contributed by atoms with van der Waals surface area (Å²) in [5, 5.41) is 0.507. The minimum Gasteiger partial charge on any atom is -0.382 e. The van der Waals surface area contributed by atoms with E-state index in [4.69, 9.17) is 17.3 Å². The Kier molecular flexibility index (Phi) is 5.11. The predicted octanol–water partition coefficient (Wildman–Crippen LogP) is 0.936. The molecule has 0 aliphatic rings. The van der Waals surface area contributed by atoms with Crippen molar-refractivity contribution in [3.8, 4) is 0 Å². The van der Waals surface area contributed by atoms with Crippen molar-refractivity contribution in [2.45, 2.75) is 0 Å². The molecule has 0 saturated heterocycles. The maximum atomic E-state index is 5.52. The van der Waals surface area contributed by atoms with Gasteiger partial charge in [0, 0.05) is 57.6 Å². The van der Waals surface area contributed by atoms with Gasteiger partial charge in [0.1, 0.15) is 5.82 Å². The molecule has 0 spiro atoms. The van der Waals surface area contributed by atoms with Gasteiger partial charge >= 0.3 is 0 Å². The van der Waals surface area contributed by atoms with E-state index in [0.29, 0.717) is 10.8 Å². The average molecular weight is 168 g/mol. The molecule has 0 atom stereocenters. The van der Waals surface area contributed by atoms with Gasteiger partial charge in [-0.3, -0.25) is 0 Å². The molecule has 0 bridgehead atoms. The first-order valence-electron chi connectivity index (χ1n) is 2.16. The van der Waals surface area contributed by atoms with E-state index >= 15 is 0 Å². The second kappa shape index (κ2) is 4.65. The minimum atomic E-state index is 0. The number of pyridine rings is 1. The molecule has 0 aliphatic heterocycles. The van der Waals surface area contributed by atoms with E-state index in [9.17, 15) is 0 Å². The first-order valence-corrected chi connectivity index (χ1v) is 2.54. The topological polar surface area (TPSA) is 38.9 Å². The first kappa shape index (κ1) is 9.88. The molecular weight excluding hydrogens is 163 g/mol. The van der Waals surface area contributed by atoms with Crippen LogP contribution in [-0.4, -0.2) is 56.4 Å². The third-order valence-electron chi connectivity index (χ3n) is 0.787. The smallest absolute Gasteiger partial charge is 0.142 e. The van der Waals surface area contributed by atoms with Crippen molar-refractivity contribution in [3.63, 3.8) is 0 Å². The van der Waals surface area contributed by atoms with Gasteiger partial charge in [-0.1, -0.05) is 11.6 Å². The summed E-state index contributed by atoms with van der Waals surface area (Å²) in [5.74, 6) is 0.383. The molecule has 2 nitrogen and oxygen atoms in total. The molecule has 1 rings (SSSR count). The number of nitrogens with zero attached hydrogens (tertiary/aromatic N) is 1. The monoisotopic (exact) mass is 167 g/mol. The Morgan fingerprint density at radius 3 is 2.56 bits per heavy atom. The van der Waals surface area contributed by atoms with Gasteiger partial charge < -0.3 is 5.73 Å². The van der Waals surface area contributed by atoms with E-state index in [0.717, 1.165) is 0 Å². The molecule has 1 aromatic rings. The van der Waals surface area contributed by atoms with Gasteiger partial charge in [-0.05, 0) is 12.1 Å². The zero-order valence-electron chi connectivity index (χ0n) is 5.13. The largest absolute Gasteiger partial charge is 0.382 e. The zero-order chi connectivity index (χ0) is 5.98. The number of halogens is 1. The van der Waals surface area contributed by atoms with E-state index in [1.54, 1.807) is 18.3 Å². The van der Waals surface area contributed by atoms with Crippen molar-refractivity contribution < 1.29 is 0 Å². The third-order valence-corrected chi connectivity index (χ3v) is 1.11. The number of aromatic nitrogens is 1. The normalized spacial score (nSPS) is 8.11. The summed E-state index contributed by atoms with van der Waals surface area (Å²) in [5.41, 5.74) is 5.28. The standard InChI is InChI=1S/C5H5ClN2.K/c6-4-2-1-3-8-5(4)7;/h1-3H,(H2,7,8);. The molecule has 0 unspecified atom stereocenters. The summed E-state index contributed by atoms with van der Waals surface area (Å²) in [7, 11) is 0. The predicted molar refractivity (Wildman–Crippen MR) is 39.4 cm³/mol. The van der Waals surface area contributed by atoms with Gasteiger partial charge in [-0.15, -0.1) is 0 Å². The van der Waals surface area contributed by atoms with Crippen LogP contribution in [0.2, 0.25) is 5.02 Å². The molecule has 0 aliphatic carbocycles. The fraction of sp³-hybridized carbons (Fsp3) is 0. The van der Waals surface area contributed by atoms with Crippen LogP contribution in [0.3, 0.4) is 0 Å². The number of anilines is 1. The molecule has 43 valence electrons. The van der Waals surface area contributed by atoms with E-state index in [1.165, 1.54) is 0 Å². The van der Waals surface area contributed by atoms with Crippen molar-refractivity contribution in [2.24, 2.45) is 0 Å². The molecule has 1 heterocycles. The summed E-state index contributed by atoms with van der Waals surface area (Å²) in [6, 6.07) is 3.43. The van der Waals surface area contributed by atoms with Gasteiger partial charge in [0.2, 0.25) is 0 Å². The summed E-state index contributed by atoms with van der Waals surface area (Å²) in [6.07, 6.45) is 1.60. The molecular formula is C5H5ClKN2. The van der Waals surface area contributed by atoms with Crippen molar-refractivity contribution in [1.29, 1.82) is 0 Å². The van der Waals surface area contributed by atoms with Crippen molar-refractivity contribution in [2.75, 3.05) is 5.73 Å². The Morgan fingerprint density at radius 1 is 1.56 bits per heavy atom. The van der Waals surface area contributed by atoms with Crippen LogP contribution in [0.15, 0.2) is 18.3 Å². The van der Waals surface area contributed by atoms with Crippen LogP contribution in [0.4, 0.5) is 5.82 Å². The Bertz CT molecular complexity index is 171. The molecule has 9 heavy (non-hydrogen) atoms. The number of hydrogen-bond acceptors (Lipinski definition) is 2. The van der Waals surface area contributed by atoms with Crippen molar-refractivity contribution in [1.82, 2.24) is 4.98 Å². The molecule has 0 fully saturated rings. The fourth-order valence-corrected chi connectivity index (χ4v) is 0.519. The fourth-order valence-electron chi connectivity index (χ4n) is 0.398. The molecule has 1 aromatic heterocycles. The Balaban J connectivity index is 0.000000640. The van der Waals surface area contributed by atoms with E-state index < -0.39 is 0 Å². The maximum Gasteiger partial charge on any atom is 0.142 e. The van der Waals surface area contributed by atoms with Gasteiger partial charge in [0.05, 0.1) is 5.02 Å². The molecule has 2 N–H and O–H groups in total. The van der Waals surface area contributed by atoms with Crippen LogP contribution >= 0.6 is 11.6 Å². The van der Waals surface area contributed by atoms with Gasteiger partial charge in [-0.2, -0.15) is 0 Å². The number of nitrogen functional groups attached to an aromatic ring is 1. The minimum absolute atomic E-state index is 0. The van der Waals surface area contributed by atoms with Crippen LogP contribution in [0.25, 0.3) is 0 Å². The third kappa shape index (κ3) is 2.98. The Labute approximate surface area is 101 Å². The van der Waals surface area contributed by atoms with Crippen LogP contribution in [0.1, 0.15) is 0 Å². The van der Waals surface area contributed by atoms with Crippen LogP contribution < -0.4 is 5.73 Å². The Hall–Kier alpha value is 0.876. The molecule has 0 saturated carbocycles. The summed E-state index contributed by atoms with van der Waals surface area (Å²) >= 11 is 5.52. The van der Waals surface area contributed by atoms with Crippen LogP contribution in [-0.2, 0) is 0 Å². The second-order valence-electron chi connectivity index (χ2n) is 1.37. The van der Waals surface area contributed by atoms with E-state index in [-0.39, 0.29) is 51.4 Å². The first-order chi connectivity index (χ1) is 3.80.